The van der Waals surface area contributed by atoms with Crippen molar-refractivity contribution in [1.82, 2.24) is 10.6 Å². The predicted molar refractivity (Wildman–Crippen MR) is 134 cm³/mol. The number of amides is 2. The van der Waals surface area contributed by atoms with Crippen molar-refractivity contribution in [1.29, 1.82) is 0 Å². The van der Waals surface area contributed by atoms with Gasteiger partial charge < -0.3 is 20.5 Å². The molecule has 7 heteroatoms. The fourth-order valence-corrected chi connectivity index (χ4v) is 8.82. The minimum absolute atomic E-state index is 0.122. The van der Waals surface area contributed by atoms with Crippen molar-refractivity contribution in [2.45, 2.75) is 70.6 Å². The molecule has 5 fully saturated rings. The van der Waals surface area contributed by atoms with Crippen LogP contribution >= 0.6 is 0 Å². The van der Waals surface area contributed by atoms with Crippen LogP contribution in [0.25, 0.3) is 0 Å². The van der Waals surface area contributed by atoms with E-state index in [4.69, 9.17) is 4.74 Å². The number of nitrogens with one attached hydrogen (secondary N) is 2. The minimum atomic E-state index is -0.651. The molecule has 0 spiro atoms. The van der Waals surface area contributed by atoms with Crippen LogP contribution in [-0.4, -0.2) is 47.5 Å². The summed E-state index contributed by atoms with van der Waals surface area (Å²) >= 11 is 0. The van der Waals surface area contributed by atoms with Crippen molar-refractivity contribution in [2.75, 3.05) is 6.54 Å². The van der Waals surface area contributed by atoms with Gasteiger partial charge in [-0.15, -0.1) is 0 Å². The first-order chi connectivity index (χ1) is 17.4. The number of carbonyl (C=O) groups is 3. The largest absolute Gasteiger partial charge is 0.507 e. The number of hydrogen-bond acceptors (Lipinski definition) is 5. The summed E-state index contributed by atoms with van der Waals surface area (Å²) in [4.78, 5) is 37.7. The molecule has 0 aromatic carbocycles. The van der Waals surface area contributed by atoms with E-state index in [1.807, 2.05) is 12.2 Å². The van der Waals surface area contributed by atoms with Gasteiger partial charge in [0.2, 0.25) is 5.91 Å². The van der Waals surface area contributed by atoms with Crippen molar-refractivity contribution in [3.05, 3.63) is 35.6 Å². The highest BCUT2D eigenvalue weighted by molar-refractivity contribution is 6.27. The van der Waals surface area contributed by atoms with Gasteiger partial charge in [-0.3, -0.25) is 14.4 Å². The van der Waals surface area contributed by atoms with Gasteiger partial charge in [0.15, 0.2) is 5.78 Å². The number of ketones is 1. The maximum atomic E-state index is 12.8. The number of carbonyl (C=O) groups excluding carboxylic acids is 3. The predicted octanol–water partition coefficient (Wildman–Crippen LogP) is 3.23. The van der Waals surface area contributed by atoms with Gasteiger partial charge >= 0.3 is 0 Å². The average Bonchev–Trinajstić information content (AvgIpc) is 3.32. The third-order valence-electron chi connectivity index (χ3n) is 10.3. The molecule has 0 radical (unpaired) electrons. The number of rotatable bonds is 1. The lowest BCUT2D eigenvalue weighted by Gasteiger charge is -2.36. The number of hydrogen-bond donors (Lipinski definition) is 3. The molecule has 3 saturated carbocycles. The zero-order valence-electron chi connectivity index (χ0n) is 21.2. The van der Waals surface area contributed by atoms with Crippen LogP contribution in [0.5, 0.6) is 0 Å². The molecule has 3 aliphatic heterocycles. The monoisotopic (exact) mass is 494 g/mol. The molecule has 7 nitrogen and oxygen atoms in total. The average molecular weight is 495 g/mol. The standard InChI is InChI=1S/C29H38N2O5/c1-3-16-14(2)12-18-19-13-15-9-10-21(32)25-26(34)20(31-29(25)35)7-5-11-30-22(33)8-4-6-17(15)24(19)28-27(36-28)23(16)18/h4,8-10,14-20,23-24,27-28,32H,3,5-7,11-13H2,1-2H3,(H,30,33)(H,31,35)/b8-4-,10-9+,25-21+. The van der Waals surface area contributed by atoms with Gasteiger partial charge in [0, 0.05) is 6.54 Å². The summed E-state index contributed by atoms with van der Waals surface area (Å²) in [5, 5.41) is 16.4. The number of fused-ring (bicyclic) bond motifs is 10. The molecule has 3 aliphatic carbocycles. The van der Waals surface area contributed by atoms with E-state index in [0.29, 0.717) is 67.1 Å². The van der Waals surface area contributed by atoms with E-state index in [0.717, 1.165) is 18.8 Å². The van der Waals surface area contributed by atoms with Crippen LogP contribution in [0, 0.1) is 47.3 Å². The summed E-state index contributed by atoms with van der Waals surface area (Å²) in [6.45, 7) is 5.14. The van der Waals surface area contributed by atoms with Crippen molar-refractivity contribution in [3.8, 4) is 0 Å². The van der Waals surface area contributed by atoms with Gasteiger partial charge in [0.1, 0.15) is 11.3 Å². The molecule has 2 amide bonds. The fourth-order valence-electron chi connectivity index (χ4n) is 8.82. The number of aliphatic hydroxyl groups excluding tert-OH is 1. The summed E-state index contributed by atoms with van der Waals surface area (Å²) in [7, 11) is 0. The second-order valence-electron chi connectivity index (χ2n) is 12.0. The lowest BCUT2D eigenvalue weighted by Crippen LogP contribution is -2.39. The molecule has 194 valence electrons. The number of ether oxygens (including phenoxy) is 1. The van der Waals surface area contributed by atoms with Gasteiger partial charge in [0.25, 0.3) is 5.91 Å². The third-order valence-corrected chi connectivity index (χ3v) is 10.3. The zero-order valence-corrected chi connectivity index (χ0v) is 21.2. The molecule has 6 rings (SSSR count). The Morgan fingerprint density at radius 2 is 1.83 bits per heavy atom. The van der Waals surface area contributed by atoms with Crippen LogP contribution < -0.4 is 10.6 Å². The SMILES string of the molecule is CCC1C(C)CC2C3CC4/C=C/C(O)=C5\C(=O)NC(CCCNC(=O)/C=C\CC4C3C3OC3C12)C5=O. The van der Waals surface area contributed by atoms with Crippen molar-refractivity contribution >= 4 is 17.6 Å². The van der Waals surface area contributed by atoms with Crippen molar-refractivity contribution < 1.29 is 24.2 Å². The Bertz CT molecular complexity index is 1050. The molecule has 6 aliphatic rings. The topological polar surface area (TPSA) is 108 Å². The summed E-state index contributed by atoms with van der Waals surface area (Å²) < 4.78 is 6.40. The fraction of sp³-hybridized carbons (Fsp3) is 0.690. The highest BCUT2D eigenvalue weighted by Gasteiger charge is 2.67. The second kappa shape index (κ2) is 9.16. The van der Waals surface area contributed by atoms with Crippen LogP contribution in [0.15, 0.2) is 35.6 Å². The Kier molecular flexibility index (Phi) is 6.09. The van der Waals surface area contributed by atoms with E-state index in [1.165, 1.54) is 12.8 Å². The maximum Gasteiger partial charge on any atom is 0.259 e. The van der Waals surface area contributed by atoms with Gasteiger partial charge in [0.05, 0.1) is 18.2 Å². The summed E-state index contributed by atoms with van der Waals surface area (Å²) in [6.07, 6.45) is 13.1. The quantitative estimate of drug-likeness (QED) is 0.383. The van der Waals surface area contributed by atoms with Gasteiger partial charge in [-0.1, -0.05) is 32.4 Å². The summed E-state index contributed by atoms with van der Waals surface area (Å²) in [6, 6.07) is -0.651. The molecule has 2 saturated heterocycles. The van der Waals surface area contributed by atoms with Gasteiger partial charge in [-0.05, 0) is 91.6 Å². The maximum absolute atomic E-state index is 12.8. The third kappa shape index (κ3) is 3.85. The first-order valence-electron chi connectivity index (χ1n) is 13.9. The van der Waals surface area contributed by atoms with Crippen LogP contribution in [0.2, 0.25) is 0 Å². The Morgan fingerprint density at radius 1 is 1.06 bits per heavy atom. The molecule has 11 atom stereocenters. The smallest absolute Gasteiger partial charge is 0.259 e. The molecule has 0 aromatic rings. The molecule has 3 heterocycles. The number of allylic oxidation sites excluding steroid dienone is 3. The zero-order chi connectivity index (χ0) is 25.1. The Hall–Kier alpha value is -2.41. The molecular weight excluding hydrogens is 456 g/mol. The molecule has 0 aromatic heterocycles. The molecule has 11 unspecified atom stereocenters. The molecule has 2 bridgehead atoms. The minimum Gasteiger partial charge on any atom is -0.507 e. The normalized spacial score (nSPS) is 49.8. The molecule has 36 heavy (non-hydrogen) atoms. The van der Waals surface area contributed by atoms with E-state index in [1.54, 1.807) is 12.2 Å². The highest BCUT2D eigenvalue weighted by Crippen LogP contribution is 2.66. The lowest BCUT2D eigenvalue weighted by atomic mass is 9.65. The van der Waals surface area contributed by atoms with E-state index < -0.39 is 11.9 Å². The van der Waals surface area contributed by atoms with Gasteiger partial charge in [-0.2, -0.15) is 0 Å². The lowest BCUT2D eigenvalue weighted by molar-refractivity contribution is -0.118. The van der Waals surface area contributed by atoms with E-state index in [-0.39, 0.29) is 28.9 Å². The highest BCUT2D eigenvalue weighted by atomic mass is 16.6. The van der Waals surface area contributed by atoms with E-state index >= 15 is 0 Å². The van der Waals surface area contributed by atoms with Crippen molar-refractivity contribution in [2.24, 2.45) is 47.3 Å². The number of aliphatic hydroxyl groups is 1. The van der Waals surface area contributed by atoms with Crippen LogP contribution in [0.4, 0.5) is 0 Å². The Labute approximate surface area is 212 Å². The van der Waals surface area contributed by atoms with Crippen LogP contribution in [0.3, 0.4) is 0 Å². The number of epoxide rings is 1. The Balaban J connectivity index is 1.32. The first kappa shape index (κ1) is 24.0. The van der Waals surface area contributed by atoms with Crippen LogP contribution in [0.1, 0.15) is 52.4 Å². The van der Waals surface area contributed by atoms with E-state index in [9.17, 15) is 19.5 Å². The van der Waals surface area contributed by atoms with E-state index in [2.05, 4.69) is 24.5 Å². The van der Waals surface area contributed by atoms with Crippen LogP contribution in [-0.2, 0) is 19.1 Å². The molecular formula is C29H38N2O5. The second-order valence-corrected chi connectivity index (χ2v) is 12.0. The Morgan fingerprint density at radius 3 is 2.64 bits per heavy atom. The summed E-state index contributed by atoms with van der Waals surface area (Å²) in [5.74, 6) is 3.03. The number of Topliss-reactive ketones (excluding diaryl/α,β-unsaturated/α-hetero) is 1. The first-order valence-corrected chi connectivity index (χ1v) is 13.9. The van der Waals surface area contributed by atoms with Crippen molar-refractivity contribution in [3.63, 3.8) is 0 Å². The summed E-state index contributed by atoms with van der Waals surface area (Å²) in [5.41, 5.74) is -0.139. The van der Waals surface area contributed by atoms with Gasteiger partial charge in [-0.25, -0.2) is 0 Å². The molecule has 3 N–H and O–H groups in total.